The highest BCUT2D eigenvalue weighted by molar-refractivity contribution is 5.75. The first-order chi connectivity index (χ1) is 6.79. The van der Waals surface area contributed by atoms with Crippen LogP contribution >= 0.6 is 0 Å². The molecule has 4 N–H and O–H groups in total. The number of amides is 2. The van der Waals surface area contributed by atoms with E-state index < -0.39 is 0 Å². The molecule has 2 aliphatic rings. The van der Waals surface area contributed by atoms with Crippen LogP contribution in [0.4, 0.5) is 4.79 Å². The summed E-state index contributed by atoms with van der Waals surface area (Å²) < 4.78 is 0. The Hall–Kier alpha value is -0.770. The van der Waals surface area contributed by atoms with Gasteiger partial charge in [-0.1, -0.05) is 6.42 Å². The fraction of sp³-hybridized carbons (Fsp3) is 0.900. The molecule has 0 aromatic heterocycles. The van der Waals surface area contributed by atoms with Gasteiger partial charge in [0.05, 0.1) is 0 Å². The molecule has 0 aliphatic heterocycles. The summed E-state index contributed by atoms with van der Waals surface area (Å²) in [6.45, 7) is 0.689. The second kappa shape index (κ2) is 4.17. The molecule has 2 saturated carbocycles. The van der Waals surface area contributed by atoms with Gasteiger partial charge in [-0.15, -0.1) is 0 Å². The zero-order chi connectivity index (χ0) is 9.97. The highest BCUT2D eigenvalue weighted by atomic mass is 16.2. The minimum atomic E-state index is -0.00199. The van der Waals surface area contributed by atoms with Crippen molar-refractivity contribution in [1.82, 2.24) is 10.6 Å². The number of hydrogen-bond donors (Lipinski definition) is 3. The van der Waals surface area contributed by atoms with E-state index in [4.69, 9.17) is 5.73 Å². The minimum absolute atomic E-state index is 0.00199. The fourth-order valence-electron chi connectivity index (χ4n) is 2.13. The molecule has 0 saturated heterocycles. The third-order valence-electron chi connectivity index (χ3n) is 3.19. The quantitative estimate of drug-likeness (QED) is 0.619. The Bertz CT molecular complexity index is 215. The van der Waals surface area contributed by atoms with E-state index in [-0.39, 0.29) is 6.03 Å². The van der Waals surface area contributed by atoms with Gasteiger partial charge in [0.1, 0.15) is 0 Å². The van der Waals surface area contributed by atoms with Gasteiger partial charge in [0, 0.05) is 12.1 Å². The van der Waals surface area contributed by atoms with Gasteiger partial charge in [0.25, 0.3) is 0 Å². The molecule has 4 heteroatoms. The van der Waals surface area contributed by atoms with Crippen LogP contribution in [0.2, 0.25) is 0 Å². The zero-order valence-electron chi connectivity index (χ0n) is 8.46. The molecule has 2 amide bonds. The van der Waals surface area contributed by atoms with Gasteiger partial charge in [0.2, 0.25) is 0 Å². The summed E-state index contributed by atoms with van der Waals surface area (Å²) in [5, 5.41) is 5.96. The van der Waals surface area contributed by atoms with Gasteiger partial charge in [-0.3, -0.25) is 0 Å². The molecule has 0 heterocycles. The third kappa shape index (κ3) is 2.38. The van der Waals surface area contributed by atoms with Crippen molar-refractivity contribution < 1.29 is 4.79 Å². The number of hydrogen-bond acceptors (Lipinski definition) is 2. The number of carbonyl (C=O) groups excluding carboxylic acids is 1. The molecule has 2 fully saturated rings. The molecule has 2 rings (SSSR count). The highest BCUT2D eigenvalue weighted by Crippen LogP contribution is 2.24. The van der Waals surface area contributed by atoms with Crippen molar-refractivity contribution >= 4 is 6.03 Å². The fourth-order valence-corrected chi connectivity index (χ4v) is 2.13. The maximum atomic E-state index is 11.4. The molecule has 2 atom stereocenters. The number of nitrogens with two attached hydrogens (primary N) is 1. The first-order valence-electron chi connectivity index (χ1n) is 5.56. The number of carbonyl (C=O) groups is 1. The predicted octanol–water partition coefficient (Wildman–Crippen LogP) is 0.575. The van der Waals surface area contributed by atoms with Crippen LogP contribution < -0.4 is 16.4 Å². The van der Waals surface area contributed by atoms with Crippen molar-refractivity contribution in [3.05, 3.63) is 0 Å². The molecule has 14 heavy (non-hydrogen) atoms. The van der Waals surface area contributed by atoms with Gasteiger partial charge < -0.3 is 16.4 Å². The lowest BCUT2D eigenvalue weighted by molar-refractivity contribution is 0.233. The summed E-state index contributed by atoms with van der Waals surface area (Å²) in [6.07, 6.45) is 5.71. The van der Waals surface area contributed by atoms with E-state index in [0.29, 0.717) is 24.5 Å². The SMILES string of the molecule is NCC1CCCC1NC(=O)NC1CC1. The molecular weight excluding hydrogens is 178 g/mol. The number of urea groups is 1. The largest absolute Gasteiger partial charge is 0.335 e. The molecule has 0 aromatic rings. The van der Waals surface area contributed by atoms with Crippen molar-refractivity contribution in [1.29, 1.82) is 0 Å². The Labute approximate surface area is 84.6 Å². The Morgan fingerprint density at radius 1 is 1.21 bits per heavy atom. The normalized spacial score (nSPS) is 31.5. The van der Waals surface area contributed by atoms with Crippen molar-refractivity contribution in [2.45, 2.75) is 44.2 Å². The Morgan fingerprint density at radius 2 is 2.00 bits per heavy atom. The van der Waals surface area contributed by atoms with Gasteiger partial charge in [-0.2, -0.15) is 0 Å². The second-order valence-corrected chi connectivity index (χ2v) is 4.43. The summed E-state index contributed by atoms with van der Waals surface area (Å²) >= 11 is 0. The van der Waals surface area contributed by atoms with Gasteiger partial charge in [0.15, 0.2) is 0 Å². The van der Waals surface area contributed by atoms with Crippen LogP contribution in [0.1, 0.15) is 32.1 Å². The standard InChI is InChI=1S/C10H19N3O/c11-6-7-2-1-3-9(7)13-10(14)12-8-4-5-8/h7-9H,1-6,11H2,(H2,12,13,14). The van der Waals surface area contributed by atoms with Crippen molar-refractivity contribution in [3.8, 4) is 0 Å². The molecule has 0 spiro atoms. The van der Waals surface area contributed by atoms with Crippen LogP contribution in [0.3, 0.4) is 0 Å². The third-order valence-corrected chi connectivity index (χ3v) is 3.19. The highest BCUT2D eigenvalue weighted by Gasteiger charge is 2.29. The monoisotopic (exact) mass is 197 g/mol. The second-order valence-electron chi connectivity index (χ2n) is 4.43. The number of nitrogens with one attached hydrogen (secondary N) is 2. The van der Waals surface area contributed by atoms with E-state index in [1.54, 1.807) is 0 Å². The van der Waals surface area contributed by atoms with Crippen LogP contribution in [0.15, 0.2) is 0 Å². The molecule has 0 bridgehead atoms. The van der Waals surface area contributed by atoms with E-state index in [1.807, 2.05) is 0 Å². The summed E-state index contributed by atoms with van der Waals surface area (Å²) in [6, 6.07) is 0.740. The molecule has 0 radical (unpaired) electrons. The maximum Gasteiger partial charge on any atom is 0.315 e. The smallest absolute Gasteiger partial charge is 0.315 e. The lowest BCUT2D eigenvalue weighted by Gasteiger charge is -2.19. The van der Waals surface area contributed by atoms with Crippen LogP contribution in [0.25, 0.3) is 0 Å². The van der Waals surface area contributed by atoms with E-state index in [9.17, 15) is 4.79 Å². The lowest BCUT2D eigenvalue weighted by Crippen LogP contribution is -2.45. The van der Waals surface area contributed by atoms with Crippen molar-refractivity contribution in [2.24, 2.45) is 11.7 Å². The van der Waals surface area contributed by atoms with E-state index in [1.165, 1.54) is 6.42 Å². The van der Waals surface area contributed by atoms with E-state index >= 15 is 0 Å². The Morgan fingerprint density at radius 3 is 2.64 bits per heavy atom. The summed E-state index contributed by atoms with van der Waals surface area (Å²) in [4.78, 5) is 11.4. The maximum absolute atomic E-state index is 11.4. The number of rotatable bonds is 3. The Kier molecular flexibility index (Phi) is 2.91. The molecular formula is C10H19N3O. The van der Waals surface area contributed by atoms with Crippen LogP contribution in [0.5, 0.6) is 0 Å². The summed E-state index contributed by atoms with van der Waals surface area (Å²) in [5.41, 5.74) is 5.64. The predicted molar refractivity (Wildman–Crippen MR) is 54.9 cm³/mol. The lowest BCUT2D eigenvalue weighted by atomic mass is 10.0. The van der Waals surface area contributed by atoms with Crippen LogP contribution in [0, 0.1) is 5.92 Å². The topological polar surface area (TPSA) is 67.1 Å². The first-order valence-corrected chi connectivity index (χ1v) is 5.56. The summed E-state index contributed by atoms with van der Waals surface area (Å²) in [7, 11) is 0. The van der Waals surface area contributed by atoms with Gasteiger partial charge >= 0.3 is 6.03 Å². The van der Waals surface area contributed by atoms with Crippen molar-refractivity contribution in [3.63, 3.8) is 0 Å². The average molecular weight is 197 g/mol. The first kappa shape index (κ1) is 9.77. The van der Waals surface area contributed by atoms with Crippen LogP contribution in [-0.2, 0) is 0 Å². The van der Waals surface area contributed by atoms with Crippen LogP contribution in [-0.4, -0.2) is 24.7 Å². The zero-order valence-corrected chi connectivity index (χ0v) is 8.46. The van der Waals surface area contributed by atoms with E-state index in [2.05, 4.69) is 10.6 Å². The minimum Gasteiger partial charge on any atom is -0.335 e. The molecule has 2 aliphatic carbocycles. The summed E-state index contributed by atoms with van der Waals surface area (Å²) in [5.74, 6) is 0.486. The average Bonchev–Trinajstić information content (AvgIpc) is 2.84. The van der Waals surface area contributed by atoms with E-state index in [0.717, 1.165) is 25.7 Å². The molecule has 0 aromatic carbocycles. The van der Waals surface area contributed by atoms with Gasteiger partial charge in [-0.05, 0) is 38.1 Å². The molecule has 2 unspecified atom stereocenters. The van der Waals surface area contributed by atoms with Gasteiger partial charge in [-0.25, -0.2) is 4.79 Å². The Balaban J connectivity index is 1.74. The van der Waals surface area contributed by atoms with Crippen molar-refractivity contribution in [2.75, 3.05) is 6.54 Å². The molecule has 80 valence electrons. The molecule has 4 nitrogen and oxygen atoms in total.